The topological polar surface area (TPSA) is 185 Å². The van der Waals surface area contributed by atoms with E-state index in [4.69, 9.17) is 0 Å². The first kappa shape index (κ1) is 22.1. The Morgan fingerprint density at radius 1 is 1.37 bits per heavy atom. The fraction of sp³-hybridized carbons (Fsp3) is 0.500. The van der Waals surface area contributed by atoms with Crippen molar-refractivity contribution in [2.45, 2.75) is 29.2 Å². The summed E-state index contributed by atoms with van der Waals surface area (Å²) in [6.45, 7) is 1.55. The number of rotatable bonds is 9. The Bertz CT molecular complexity index is 949. The number of amides is 1. The Labute approximate surface area is 181 Å². The lowest BCUT2D eigenvalue weighted by Gasteiger charge is -2.29. The van der Waals surface area contributed by atoms with Crippen LogP contribution in [0.25, 0.3) is 0 Å². The minimum Gasteiger partial charge on any atom is -0.480 e. The van der Waals surface area contributed by atoms with E-state index in [1.165, 1.54) is 41.2 Å². The summed E-state index contributed by atoms with van der Waals surface area (Å²) in [4.78, 5) is 39.7. The third-order valence-electron chi connectivity index (χ3n) is 3.82. The summed E-state index contributed by atoms with van der Waals surface area (Å²) >= 11 is 3.97. The number of aliphatic carboxylic acids is 2. The molecule has 0 saturated carbocycles. The lowest BCUT2D eigenvalue weighted by atomic mass is 10.1. The predicted molar refractivity (Wildman–Crippen MR) is 108 cm³/mol. The average Bonchev–Trinajstić information content (AvgIpc) is 3.35. The molecule has 1 aliphatic rings. The van der Waals surface area contributed by atoms with Gasteiger partial charge < -0.3 is 15.5 Å². The molecule has 3 atom stereocenters. The van der Waals surface area contributed by atoms with Crippen molar-refractivity contribution in [2.24, 2.45) is 10.9 Å². The number of aryl methyl sites for hydroxylation is 1. The van der Waals surface area contributed by atoms with E-state index in [1.807, 2.05) is 6.92 Å². The SMILES string of the molecule is Cc1nnc(SCC2CS[C@H]([C@H](NC(=O)Cn3cnnn3)C(=O)O)N=C2C(=O)O)s1. The maximum Gasteiger partial charge on any atom is 0.350 e. The molecule has 0 saturated heterocycles. The average molecular weight is 473 g/mol. The molecule has 2 aromatic rings. The van der Waals surface area contributed by atoms with Gasteiger partial charge in [-0.3, -0.25) is 9.79 Å². The molecule has 0 radical (unpaired) electrons. The number of thioether (sulfide) groups is 2. The zero-order valence-corrected chi connectivity index (χ0v) is 17.9. The number of hydrogen-bond acceptors (Lipinski definition) is 12. The summed E-state index contributed by atoms with van der Waals surface area (Å²) in [7, 11) is 0. The Morgan fingerprint density at radius 3 is 2.77 bits per heavy atom. The van der Waals surface area contributed by atoms with E-state index in [2.05, 4.69) is 36.0 Å². The summed E-state index contributed by atoms with van der Waals surface area (Å²) in [5.41, 5.74) is -0.117. The van der Waals surface area contributed by atoms with Gasteiger partial charge in [-0.2, -0.15) is 0 Å². The van der Waals surface area contributed by atoms with Gasteiger partial charge in [0, 0.05) is 17.4 Å². The van der Waals surface area contributed by atoms with Crippen LogP contribution in [0.1, 0.15) is 5.01 Å². The summed E-state index contributed by atoms with van der Waals surface area (Å²) in [5.74, 6) is -2.81. The van der Waals surface area contributed by atoms with E-state index in [0.717, 1.165) is 14.0 Å². The lowest BCUT2D eigenvalue weighted by Crippen LogP contribution is -2.50. The first-order valence-electron chi connectivity index (χ1n) is 8.42. The van der Waals surface area contributed by atoms with Crippen molar-refractivity contribution in [1.29, 1.82) is 0 Å². The maximum atomic E-state index is 12.1. The number of nitrogens with zero attached hydrogens (tertiary/aromatic N) is 7. The molecule has 0 bridgehead atoms. The fourth-order valence-electron chi connectivity index (χ4n) is 2.48. The molecule has 0 spiro atoms. The summed E-state index contributed by atoms with van der Waals surface area (Å²) in [5, 5.41) is 39.5. The molecule has 1 aliphatic heterocycles. The number of hydrogen-bond donors (Lipinski definition) is 3. The highest BCUT2D eigenvalue weighted by Crippen LogP contribution is 2.31. The monoisotopic (exact) mass is 472 g/mol. The van der Waals surface area contributed by atoms with Crippen molar-refractivity contribution in [1.82, 2.24) is 35.7 Å². The molecule has 1 unspecified atom stereocenters. The molecule has 13 nitrogen and oxygen atoms in total. The number of nitrogens with one attached hydrogen (secondary N) is 1. The molecule has 160 valence electrons. The second-order valence-electron chi connectivity index (χ2n) is 6.03. The molecule has 0 fully saturated rings. The standard InChI is InChI=1S/C14H16N8O5S3/c1-6-18-19-14(30-6)29-4-7-3-28-11(17-9(7)12(24)25)10(13(26)27)16-8(23)2-22-5-15-20-21-22/h5,7,10-11H,2-4H2,1H3,(H,16,23)(H,24,25)(H,26,27)/t7?,10-,11+/m0/s1. The zero-order chi connectivity index (χ0) is 21.7. The van der Waals surface area contributed by atoms with Crippen LogP contribution in [-0.2, 0) is 20.9 Å². The molecule has 16 heteroatoms. The van der Waals surface area contributed by atoms with Crippen LogP contribution in [0.4, 0.5) is 0 Å². The number of carbonyl (C=O) groups excluding carboxylic acids is 1. The van der Waals surface area contributed by atoms with Gasteiger partial charge >= 0.3 is 11.9 Å². The Kier molecular flexibility index (Phi) is 7.33. The highest BCUT2D eigenvalue weighted by molar-refractivity contribution is 8.01. The molecule has 3 rings (SSSR count). The van der Waals surface area contributed by atoms with Crippen LogP contribution in [0.5, 0.6) is 0 Å². The molecule has 3 heterocycles. The minimum absolute atomic E-state index is 0.117. The molecule has 0 aliphatic carbocycles. The molecule has 2 aromatic heterocycles. The first-order chi connectivity index (χ1) is 14.3. The van der Waals surface area contributed by atoms with Gasteiger partial charge in [-0.1, -0.05) is 23.1 Å². The van der Waals surface area contributed by atoms with Gasteiger partial charge in [-0.15, -0.1) is 27.1 Å². The molecule has 30 heavy (non-hydrogen) atoms. The van der Waals surface area contributed by atoms with E-state index in [-0.39, 0.29) is 12.3 Å². The molecular formula is C14H16N8O5S3. The highest BCUT2D eigenvalue weighted by atomic mass is 32.2. The van der Waals surface area contributed by atoms with Crippen molar-refractivity contribution in [3.05, 3.63) is 11.3 Å². The Hall–Kier alpha value is -2.59. The van der Waals surface area contributed by atoms with Crippen molar-refractivity contribution in [3.8, 4) is 0 Å². The lowest BCUT2D eigenvalue weighted by molar-refractivity contribution is -0.142. The number of carboxylic acids is 2. The van der Waals surface area contributed by atoms with E-state index in [0.29, 0.717) is 11.5 Å². The number of tetrazole rings is 1. The summed E-state index contributed by atoms with van der Waals surface area (Å²) in [6.07, 6.45) is 1.22. The fourth-order valence-corrected chi connectivity index (χ4v) is 5.84. The molecular weight excluding hydrogens is 456 g/mol. The van der Waals surface area contributed by atoms with Crippen LogP contribution < -0.4 is 5.32 Å². The largest absolute Gasteiger partial charge is 0.480 e. The maximum absolute atomic E-state index is 12.1. The van der Waals surface area contributed by atoms with Gasteiger partial charge in [-0.25, -0.2) is 14.3 Å². The summed E-state index contributed by atoms with van der Waals surface area (Å²) < 4.78 is 1.86. The van der Waals surface area contributed by atoms with Crippen molar-refractivity contribution < 1.29 is 24.6 Å². The van der Waals surface area contributed by atoms with E-state index >= 15 is 0 Å². The van der Waals surface area contributed by atoms with Crippen molar-refractivity contribution in [2.75, 3.05) is 11.5 Å². The molecule has 1 amide bonds. The number of aliphatic imine (C=N–C) groups is 1. The Morgan fingerprint density at radius 2 is 2.17 bits per heavy atom. The van der Waals surface area contributed by atoms with Gasteiger partial charge in [0.1, 0.15) is 29.0 Å². The smallest absolute Gasteiger partial charge is 0.350 e. The van der Waals surface area contributed by atoms with Crippen LogP contribution in [0, 0.1) is 12.8 Å². The van der Waals surface area contributed by atoms with Gasteiger partial charge in [0.05, 0.1) is 0 Å². The summed E-state index contributed by atoms with van der Waals surface area (Å²) in [6, 6.07) is -1.40. The third kappa shape index (κ3) is 5.73. The van der Waals surface area contributed by atoms with E-state index in [1.54, 1.807) is 0 Å². The van der Waals surface area contributed by atoms with E-state index < -0.39 is 35.2 Å². The molecule has 0 aromatic carbocycles. The minimum atomic E-state index is -1.40. The number of carboxylic acid groups (broad SMARTS) is 2. The number of carbonyl (C=O) groups is 3. The van der Waals surface area contributed by atoms with Crippen LogP contribution in [-0.4, -0.2) is 87.1 Å². The van der Waals surface area contributed by atoms with Gasteiger partial charge in [0.25, 0.3) is 0 Å². The quantitative estimate of drug-likeness (QED) is 0.394. The molecule has 3 N–H and O–H groups in total. The van der Waals surface area contributed by atoms with Crippen LogP contribution >= 0.6 is 34.9 Å². The predicted octanol–water partition coefficient (Wildman–Crippen LogP) is -0.591. The van der Waals surface area contributed by atoms with Gasteiger partial charge in [0.2, 0.25) is 5.91 Å². The van der Waals surface area contributed by atoms with E-state index in [9.17, 15) is 24.6 Å². The van der Waals surface area contributed by atoms with Crippen molar-refractivity contribution >= 4 is 58.4 Å². The highest BCUT2D eigenvalue weighted by Gasteiger charge is 2.37. The van der Waals surface area contributed by atoms with Crippen LogP contribution in [0.15, 0.2) is 15.7 Å². The number of aromatic nitrogens is 6. The zero-order valence-electron chi connectivity index (χ0n) is 15.4. The van der Waals surface area contributed by atoms with Crippen LogP contribution in [0.2, 0.25) is 0 Å². The third-order valence-corrected chi connectivity index (χ3v) is 7.27. The van der Waals surface area contributed by atoms with Crippen LogP contribution in [0.3, 0.4) is 0 Å². The second-order valence-corrected chi connectivity index (χ2v) is 9.63. The second kappa shape index (κ2) is 9.94. The Balaban J connectivity index is 1.68. The van der Waals surface area contributed by atoms with Gasteiger partial charge in [-0.05, 0) is 17.4 Å². The first-order valence-corrected chi connectivity index (χ1v) is 11.3. The van der Waals surface area contributed by atoms with Gasteiger partial charge in [0.15, 0.2) is 10.4 Å². The normalized spacial score (nSPS) is 19.7. The van der Waals surface area contributed by atoms with Crippen molar-refractivity contribution in [3.63, 3.8) is 0 Å².